The molecule has 0 bridgehead atoms. The van der Waals surface area contributed by atoms with Gasteiger partial charge in [0.15, 0.2) is 0 Å². The average Bonchev–Trinajstić information content (AvgIpc) is 2.93. The monoisotopic (exact) mass is 251 g/mol. The first-order valence-corrected chi connectivity index (χ1v) is 6.08. The lowest BCUT2D eigenvalue weighted by Gasteiger charge is -2.05. The number of H-pyrrole nitrogens is 1. The molecule has 0 saturated heterocycles. The van der Waals surface area contributed by atoms with Crippen molar-refractivity contribution < 1.29 is 4.79 Å². The minimum absolute atomic E-state index is 0.0645. The lowest BCUT2D eigenvalue weighted by molar-refractivity contribution is 0.0951. The van der Waals surface area contributed by atoms with Crippen molar-refractivity contribution in [2.24, 2.45) is 0 Å². The van der Waals surface area contributed by atoms with Gasteiger partial charge in [0.05, 0.1) is 17.4 Å². The number of benzene rings is 2. The van der Waals surface area contributed by atoms with Gasteiger partial charge in [-0.1, -0.05) is 24.3 Å². The number of imidazole rings is 1. The number of aromatic nitrogens is 2. The van der Waals surface area contributed by atoms with Crippen molar-refractivity contribution in [1.82, 2.24) is 15.3 Å². The van der Waals surface area contributed by atoms with E-state index in [0.717, 1.165) is 16.6 Å². The molecule has 3 aromatic rings. The largest absolute Gasteiger partial charge is 0.348 e. The van der Waals surface area contributed by atoms with Crippen LogP contribution in [0, 0.1) is 0 Å². The Morgan fingerprint density at radius 3 is 2.84 bits per heavy atom. The molecule has 2 N–H and O–H groups in total. The van der Waals surface area contributed by atoms with Crippen molar-refractivity contribution in [1.29, 1.82) is 0 Å². The smallest absolute Gasteiger partial charge is 0.251 e. The van der Waals surface area contributed by atoms with Gasteiger partial charge >= 0.3 is 0 Å². The van der Waals surface area contributed by atoms with Crippen molar-refractivity contribution in [2.45, 2.75) is 6.54 Å². The maximum Gasteiger partial charge on any atom is 0.251 e. The molecule has 0 aliphatic carbocycles. The Kier molecular flexibility index (Phi) is 2.98. The second-order valence-electron chi connectivity index (χ2n) is 4.30. The van der Waals surface area contributed by atoms with Crippen LogP contribution in [0.25, 0.3) is 11.0 Å². The molecule has 3 rings (SSSR count). The summed E-state index contributed by atoms with van der Waals surface area (Å²) in [7, 11) is 0. The number of carbonyl (C=O) groups excluding carboxylic acids is 1. The van der Waals surface area contributed by atoms with Crippen molar-refractivity contribution in [2.75, 3.05) is 0 Å². The van der Waals surface area contributed by atoms with Crippen molar-refractivity contribution >= 4 is 16.9 Å². The molecule has 0 radical (unpaired) electrons. The quantitative estimate of drug-likeness (QED) is 0.751. The second-order valence-corrected chi connectivity index (χ2v) is 4.30. The van der Waals surface area contributed by atoms with Crippen LogP contribution in [0.4, 0.5) is 0 Å². The molecule has 0 fully saturated rings. The minimum atomic E-state index is -0.0645. The van der Waals surface area contributed by atoms with E-state index in [9.17, 15) is 4.79 Å². The van der Waals surface area contributed by atoms with Crippen LogP contribution in [0.15, 0.2) is 54.9 Å². The van der Waals surface area contributed by atoms with Gasteiger partial charge in [-0.2, -0.15) is 0 Å². The van der Waals surface area contributed by atoms with Crippen molar-refractivity contribution in [3.05, 3.63) is 66.0 Å². The second kappa shape index (κ2) is 4.94. The summed E-state index contributed by atoms with van der Waals surface area (Å²) in [5.74, 6) is -0.0645. The Morgan fingerprint density at radius 1 is 1.16 bits per heavy atom. The summed E-state index contributed by atoms with van der Waals surface area (Å²) in [5, 5.41) is 2.90. The van der Waals surface area contributed by atoms with Gasteiger partial charge in [-0.05, 0) is 29.8 Å². The molecule has 4 heteroatoms. The summed E-state index contributed by atoms with van der Waals surface area (Å²) < 4.78 is 0. The van der Waals surface area contributed by atoms with Crippen LogP contribution >= 0.6 is 0 Å². The maximum atomic E-state index is 11.9. The zero-order valence-corrected chi connectivity index (χ0v) is 10.3. The highest BCUT2D eigenvalue weighted by Crippen LogP contribution is 2.11. The van der Waals surface area contributed by atoms with Gasteiger partial charge in [0.25, 0.3) is 5.91 Å². The molecule has 0 aliphatic heterocycles. The molecular formula is C15H13N3O. The van der Waals surface area contributed by atoms with E-state index in [1.54, 1.807) is 18.5 Å². The third-order valence-electron chi connectivity index (χ3n) is 2.97. The summed E-state index contributed by atoms with van der Waals surface area (Å²) in [6, 6.07) is 15.1. The molecule has 0 aliphatic rings. The zero-order chi connectivity index (χ0) is 13.1. The van der Waals surface area contributed by atoms with E-state index in [1.165, 1.54) is 0 Å². The van der Waals surface area contributed by atoms with Crippen LogP contribution in [0.1, 0.15) is 15.9 Å². The van der Waals surface area contributed by atoms with Crippen molar-refractivity contribution in [3.8, 4) is 0 Å². The fourth-order valence-corrected chi connectivity index (χ4v) is 1.97. The van der Waals surface area contributed by atoms with Crippen LogP contribution in [0.3, 0.4) is 0 Å². The summed E-state index contributed by atoms with van der Waals surface area (Å²) in [4.78, 5) is 19.1. The Morgan fingerprint density at radius 2 is 2.00 bits per heavy atom. The molecule has 4 nitrogen and oxygen atoms in total. The first-order chi connectivity index (χ1) is 9.33. The maximum absolute atomic E-state index is 11.9. The van der Waals surface area contributed by atoms with Crippen LogP contribution < -0.4 is 5.32 Å². The topological polar surface area (TPSA) is 57.8 Å². The summed E-state index contributed by atoms with van der Waals surface area (Å²) in [6.07, 6.45) is 1.66. The Labute approximate surface area is 110 Å². The van der Waals surface area contributed by atoms with E-state index in [-0.39, 0.29) is 5.91 Å². The van der Waals surface area contributed by atoms with E-state index in [4.69, 9.17) is 0 Å². The van der Waals surface area contributed by atoms with E-state index in [0.29, 0.717) is 12.1 Å². The number of fused-ring (bicyclic) bond motifs is 1. The van der Waals surface area contributed by atoms with E-state index >= 15 is 0 Å². The van der Waals surface area contributed by atoms with E-state index < -0.39 is 0 Å². The molecule has 0 saturated carbocycles. The molecule has 0 unspecified atom stereocenters. The van der Waals surface area contributed by atoms with Gasteiger partial charge in [-0.15, -0.1) is 0 Å². The average molecular weight is 251 g/mol. The number of hydrogen-bond acceptors (Lipinski definition) is 2. The standard InChI is InChI=1S/C15H13N3O/c19-15(12-4-2-1-3-5-12)16-9-11-6-7-13-14(8-11)18-10-17-13/h1-8,10H,9H2,(H,16,19)(H,17,18). The van der Waals surface area contributed by atoms with Crippen LogP contribution in [-0.2, 0) is 6.54 Å². The Bertz CT molecular complexity index is 703. The summed E-state index contributed by atoms with van der Waals surface area (Å²) in [5.41, 5.74) is 3.62. The Balaban J connectivity index is 1.70. The van der Waals surface area contributed by atoms with Gasteiger partial charge in [0.2, 0.25) is 0 Å². The third kappa shape index (κ3) is 2.47. The number of carbonyl (C=O) groups is 1. The number of nitrogens with zero attached hydrogens (tertiary/aromatic N) is 1. The number of rotatable bonds is 3. The van der Waals surface area contributed by atoms with Crippen LogP contribution in [0.2, 0.25) is 0 Å². The normalized spacial score (nSPS) is 10.5. The van der Waals surface area contributed by atoms with Crippen LogP contribution in [0.5, 0.6) is 0 Å². The Hall–Kier alpha value is -2.62. The predicted molar refractivity (Wildman–Crippen MR) is 73.7 cm³/mol. The van der Waals surface area contributed by atoms with Crippen molar-refractivity contribution in [3.63, 3.8) is 0 Å². The van der Waals surface area contributed by atoms with Gasteiger partial charge in [0.1, 0.15) is 0 Å². The fraction of sp³-hybridized carbons (Fsp3) is 0.0667. The summed E-state index contributed by atoms with van der Waals surface area (Å²) >= 11 is 0. The van der Waals surface area contributed by atoms with Gasteiger partial charge in [-0.3, -0.25) is 4.79 Å². The third-order valence-corrected chi connectivity index (χ3v) is 2.97. The number of aromatic amines is 1. The molecule has 2 aromatic carbocycles. The van der Waals surface area contributed by atoms with Gasteiger partial charge in [-0.25, -0.2) is 4.98 Å². The molecular weight excluding hydrogens is 238 g/mol. The summed E-state index contributed by atoms with van der Waals surface area (Å²) in [6.45, 7) is 0.503. The van der Waals surface area contributed by atoms with E-state index in [2.05, 4.69) is 15.3 Å². The first kappa shape index (κ1) is 11.5. The highest BCUT2D eigenvalue weighted by Gasteiger charge is 2.04. The minimum Gasteiger partial charge on any atom is -0.348 e. The molecule has 1 heterocycles. The van der Waals surface area contributed by atoms with Gasteiger partial charge in [0, 0.05) is 12.1 Å². The number of amides is 1. The lowest BCUT2D eigenvalue weighted by atomic mass is 10.2. The first-order valence-electron chi connectivity index (χ1n) is 6.08. The number of hydrogen-bond donors (Lipinski definition) is 2. The molecule has 94 valence electrons. The molecule has 19 heavy (non-hydrogen) atoms. The molecule has 1 aromatic heterocycles. The fourth-order valence-electron chi connectivity index (χ4n) is 1.97. The highest BCUT2D eigenvalue weighted by molar-refractivity contribution is 5.94. The predicted octanol–water partition coefficient (Wildman–Crippen LogP) is 2.49. The van der Waals surface area contributed by atoms with E-state index in [1.807, 2.05) is 36.4 Å². The lowest BCUT2D eigenvalue weighted by Crippen LogP contribution is -2.22. The SMILES string of the molecule is O=C(NCc1ccc2nc[nH]c2c1)c1ccccc1. The number of nitrogens with one attached hydrogen (secondary N) is 2. The zero-order valence-electron chi connectivity index (χ0n) is 10.3. The molecule has 0 spiro atoms. The van der Waals surface area contributed by atoms with Gasteiger partial charge < -0.3 is 10.3 Å². The molecule has 1 amide bonds. The molecule has 0 atom stereocenters. The van der Waals surface area contributed by atoms with Crippen LogP contribution in [-0.4, -0.2) is 15.9 Å². The highest BCUT2D eigenvalue weighted by atomic mass is 16.1.